The first-order valence-corrected chi connectivity index (χ1v) is 8.25. The number of nitrogens with zero attached hydrogens (tertiary/aromatic N) is 1. The maximum Gasteiger partial charge on any atom is 0.0603 e. The Kier molecular flexibility index (Phi) is 8.05. The van der Waals surface area contributed by atoms with Crippen molar-refractivity contribution in [3.8, 4) is 11.8 Å². The minimum atomic E-state index is 0. The molecule has 0 radical (unpaired) electrons. The van der Waals surface area contributed by atoms with Crippen LogP contribution in [0.25, 0.3) is 0 Å². The molecule has 0 bridgehead atoms. The Morgan fingerprint density at radius 1 is 0.833 bits per heavy atom. The molecule has 0 saturated heterocycles. The second-order valence-corrected chi connectivity index (χ2v) is 6.96. The Labute approximate surface area is 153 Å². The smallest absolute Gasteiger partial charge is 0.0603 e. The predicted octanol–water partition coefficient (Wildman–Crippen LogP) is 1.95. The average molecular weight is 341 g/mol. The molecule has 0 atom stereocenters. The van der Waals surface area contributed by atoms with Gasteiger partial charge in [-0.15, -0.1) is 5.92 Å². The van der Waals surface area contributed by atoms with Crippen LogP contribution >= 0.6 is 0 Å². The Hall–Kier alpha value is -1.75. The van der Waals surface area contributed by atoms with E-state index in [1.165, 1.54) is 11.1 Å². The van der Waals surface area contributed by atoms with Gasteiger partial charge in [0.25, 0.3) is 0 Å². The molecule has 0 aliphatic rings. The summed E-state index contributed by atoms with van der Waals surface area (Å²) < 4.78 is 0. The molecular formula is C22H27ClN-. The fourth-order valence-corrected chi connectivity index (χ4v) is 2.38. The SMILES string of the molecule is CN(CC#CCC(c1ccccc1)c1ccccc1)C(C)(C)C.[Cl-]. The van der Waals surface area contributed by atoms with Crippen LogP contribution in [0, 0.1) is 11.8 Å². The summed E-state index contributed by atoms with van der Waals surface area (Å²) in [6.45, 7) is 7.45. The molecule has 0 N–H and O–H groups in total. The Balaban J connectivity index is 0.00000288. The predicted molar refractivity (Wildman–Crippen MR) is 99.5 cm³/mol. The summed E-state index contributed by atoms with van der Waals surface area (Å²) in [5, 5.41) is 0. The molecule has 2 aromatic carbocycles. The Bertz CT molecular complexity index is 608. The van der Waals surface area contributed by atoms with Crippen molar-refractivity contribution in [3.63, 3.8) is 0 Å². The highest BCUT2D eigenvalue weighted by atomic mass is 35.5. The molecule has 0 saturated carbocycles. The Morgan fingerprint density at radius 3 is 1.71 bits per heavy atom. The van der Waals surface area contributed by atoms with Crippen LogP contribution in [0.2, 0.25) is 0 Å². The van der Waals surface area contributed by atoms with E-state index >= 15 is 0 Å². The van der Waals surface area contributed by atoms with Crippen molar-refractivity contribution in [3.05, 3.63) is 71.8 Å². The fraction of sp³-hybridized carbons (Fsp3) is 0.364. The van der Waals surface area contributed by atoms with Crippen molar-refractivity contribution in [1.29, 1.82) is 0 Å². The number of rotatable bonds is 4. The lowest BCUT2D eigenvalue weighted by Crippen LogP contribution is -3.00. The van der Waals surface area contributed by atoms with Crippen LogP contribution in [0.1, 0.15) is 44.2 Å². The molecule has 0 unspecified atom stereocenters. The fourth-order valence-electron chi connectivity index (χ4n) is 2.38. The van der Waals surface area contributed by atoms with Crippen LogP contribution in [0.15, 0.2) is 60.7 Å². The van der Waals surface area contributed by atoms with E-state index in [-0.39, 0.29) is 17.9 Å². The van der Waals surface area contributed by atoms with Crippen LogP contribution < -0.4 is 12.4 Å². The third-order valence-corrected chi connectivity index (χ3v) is 4.30. The minimum absolute atomic E-state index is 0. The third-order valence-electron chi connectivity index (χ3n) is 4.30. The first kappa shape index (κ1) is 20.3. The van der Waals surface area contributed by atoms with Crippen LogP contribution in [-0.2, 0) is 0 Å². The normalized spacial score (nSPS) is 10.9. The third kappa shape index (κ3) is 6.04. The molecule has 0 aliphatic carbocycles. The largest absolute Gasteiger partial charge is 1.00 e. The van der Waals surface area contributed by atoms with Gasteiger partial charge in [-0.2, -0.15) is 0 Å². The highest BCUT2D eigenvalue weighted by molar-refractivity contribution is 5.33. The van der Waals surface area contributed by atoms with E-state index in [0.29, 0.717) is 5.92 Å². The van der Waals surface area contributed by atoms with Gasteiger partial charge in [0.05, 0.1) is 6.54 Å². The maximum absolute atomic E-state index is 3.39. The molecule has 2 aromatic rings. The van der Waals surface area contributed by atoms with Gasteiger partial charge in [0.1, 0.15) is 0 Å². The number of halogens is 1. The quantitative estimate of drug-likeness (QED) is 0.769. The minimum Gasteiger partial charge on any atom is -1.00 e. The van der Waals surface area contributed by atoms with Gasteiger partial charge in [0.2, 0.25) is 0 Å². The van der Waals surface area contributed by atoms with Crippen molar-refractivity contribution in [2.75, 3.05) is 13.6 Å². The molecule has 0 aliphatic heterocycles. The first-order chi connectivity index (χ1) is 11.0. The van der Waals surface area contributed by atoms with Crippen molar-refractivity contribution in [1.82, 2.24) is 4.90 Å². The summed E-state index contributed by atoms with van der Waals surface area (Å²) in [6, 6.07) is 21.3. The van der Waals surface area contributed by atoms with E-state index in [1.807, 2.05) is 0 Å². The van der Waals surface area contributed by atoms with Crippen LogP contribution in [0.3, 0.4) is 0 Å². The summed E-state index contributed by atoms with van der Waals surface area (Å²) in [4.78, 5) is 2.28. The van der Waals surface area contributed by atoms with Crippen molar-refractivity contribution in [2.45, 2.75) is 38.6 Å². The van der Waals surface area contributed by atoms with Crippen LogP contribution in [0.5, 0.6) is 0 Å². The van der Waals surface area contributed by atoms with Gasteiger partial charge in [-0.1, -0.05) is 66.6 Å². The number of hydrogen-bond acceptors (Lipinski definition) is 1. The van der Waals surface area contributed by atoms with Gasteiger partial charge in [-0.25, -0.2) is 0 Å². The topological polar surface area (TPSA) is 3.24 Å². The molecule has 0 heterocycles. The second-order valence-electron chi connectivity index (χ2n) is 6.96. The highest BCUT2D eigenvalue weighted by Gasteiger charge is 2.15. The van der Waals surface area contributed by atoms with Gasteiger partial charge in [0, 0.05) is 17.9 Å². The van der Waals surface area contributed by atoms with Gasteiger partial charge in [0.15, 0.2) is 0 Å². The van der Waals surface area contributed by atoms with E-state index in [2.05, 4.69) is 105 Å². The molecular weight excluding hydrogens is 314 g/mol. The first-order valence-electron chi connectivity index (χ1n) is 8.25. The van der Waals surface area contributed by atoms with Crippen molar-refractivity contribution >= 4 is 0 Å². The molecule has 0 aromatic heterocycles. The molecule has 2 heteroatoms. The summed E-state index contributed by atoms with van der Waals surface area (Å²) >= 11 is 0. The lowest BCUT2D eigenvalue weighted by atomic mass is 9.89. The maximum atomic E-state index is 3.39. The monoisotopic (exact) mass is 340 g/mol. The number of hydrogen-bond donors (Lipinski definition) is 0. The average Bonchev–Trinajstić information content (AvgIpc) is 2.55. The van der Waals surface area contributed by atoms with Crippen LogP contribution in [0.4, 0.5) is 0 Å². The zero-order valence-corrected chi connectivity index (χ0v) is 15.8. The summed E-state index contributed by atoms with van der Waals surface area (Å²) in [5.41, 5.74) is 2.82. The lowest BCUT2D eigenvalue weighted by molar-refractivity contribution is -0.00000545. The van der Waals surface area contributed by atoms with Gasteiger partial charge >= 0.3 is 0 Å². The summed E-state index contributed by atoms with van der Waals surface area (Å²) in [5.74, 6) is 7.07. The van der Waals surface area contributed by atoms with Gasteiger partial charge in [-0.3, -0.25) is 4.90 Å². The zero-order chi connectivity index (χ0) is 16.7. The van der Waals surface area contributed by atoms with Crippen LogP contribution in [-0.4, -0.2) is 24.0 Å². The zero-order valence-electron chi connectivity index (χ0n) is 15.1. The molecule has 128 valence electrons. The van der Waals surface area contributed by atoms with Crippen molar-refractivity contribution in [2.24, 2.45) is 0 Å². The van der Waals surface area contributed by atoms with E-state index < -0.39 is 0 Å². The van der Waals surface area contributed by atoms with E-state index in [1.54, 1.807) is 0 Å². The molecule has 2 rings (SSSR count). The summed E-state index contributed by atoms with van der Waals surface area (Å²) in [7, 11) is 2.13. The molecule has 0 amide bonds. The molecule has 24 heavy (non-hydrogen) atoms. The lowest BCUT2D eigenvalue weighted by Gasteiger charge is -2.29. The molecule has 1 nitrogen and oxygen atoms in total. The second kappa shape index (κ2) is 9.52. The van der Waals surface area contributed by atoms with E-state index in [0.717, 1.165) is 13.0 Å². The highest BCUT2D eigenvalue weighted by Crippen LogP contribution is 2.27. The summed E-state index contributed by atoms with van der Waals surface area (Å²) in [6.07, 6.45) is 0.853. The van der Waals surface area contributed by atoms with Crippen molar-refractivity contribution < 1.29 is 12.4 Å². The molecule has 0 fully saturated rings. The van der Waals surface area contributed by atoms with E-state index in [9.17, 15) is 0 Å². The number of benzene rings is 2. The molecule has 0 spiro atoms. The standard InChI is InChI=1S/C22H27N.ClH/c1-22(2,3)23(4)18-12-11-17-21(19-13-7-5-8-14-19)20-15-9-6-10-16-20;/h5-10,13-16,21H,17-18H2,1-4H3;1H/p-1. The van der Waals surface area contributed by atoms with Gasteiger partial charge < -0.3 is 12.4 Å². The Morgan fingerprint density at radius 2 is 1.29 bits per heavy atom. The van der Waals surface area contributed by atoms with Gasteiger partial charge in [-0.05, 0) is 38.9 Å². The van der Waals surface area contributed by atoms with E-state index in [4.69, 9.17) is 0 Å².